The number of carbonyl (C=O) groups excluding carboxylic acids is 1. The van der Waals surface area contributed by atoms with E-state index < -0.39 is 17.5 Å². The van der Waals surface area contributed by atoms with Gasteiger partial charge >= 0.3 is 0 Å². The van der Waals surface area contributed by atoms with E-state index in [1.54, 1.807) is 0 Å². The molecule has 1 amide bonds. The molecular formula is C17H17F2NO. The van der Waals surface area contributed by atoms with Crippen LogP contribution in [0.3, 0.4) is 0 Å². The molecule has 1 N–H and O–H groups in total. The van der Waals surface area contributed by atoms with Crippen molar-refractivity contribution in [2.24, 2.45) is 0 Å². The number of nitrogens with one attached hydrogen (secondary N) is 1. The summed E-state index contributed by atoms with van der Waals surface area (Å²) >= 11 is 0. The van der Waals surface area contributed by atoms with Crippen LogP contribution in [0.25, 0.3) is 0 Å². The lowest BCUT2D eigenvalue weighted by molar-refractivity contribution is 0.0930. The monoisotopic (exact) mass is 289 g/mol. The van der Waals surface area contributed by atoms with Gasteiger partial charge in [0.2, 0.25) is 0 Å². The third kappa shape index (κ3) is 3.88. The maximum absolute atomic E-state index is 13.6. The molecule has 2 aromatic rings. The highest BCUT2D eigenvalue weighted by atomic mass is 19.1. The van der Waals surface area contributed by atoms with Gasteiger partial charge in [-0.2, -0.15) is 0 Å². The molecule has 0 aliphatic heterocycles. The van der Waals surface area contributed by atoms with E-state index in [-0.39, 0.29) is 11.6 Å². The van der Waals surface area contributed by atoms with Gasteiger partial charge in [-0.1, -0.05) is 43.7 Å². The summed E-state index contributed by atoms with van der Waals surface area (Å²) in [4.78, 5) is 12.2. The standard InChI is InChI=1S/C17H17F2NO/c1-2-6-16(12-7-4-3-5-8-12)20-17(21)14-10-9-13(18)11-15(14)19/h3-5,7-11,16H,2,6H2,1H3,(H,20,21). The SMILES string of the molecule is CCCC(NC(=O)c1ccc(F)cc1F)c1ccccc1. The summed E-state index contributed by atoms with van der Waals surface area (Å²) in [6.45, 7) is 2.01. The van der Waals surface area contributed by atoms with E-state index in [9.17, 15) is 13.6 Å². The maximum Gasteiger partial charge on any atom is 0.254 e. The summed E-state index contributed by atoms with van der Waals surface area (Å²) in [6, 6.07) is 12.3. The summed E-state index contributed by atoms with van der Waals surface area (Å²) in [5, 5.41) is 2.81. The van der Waals surface area contributed by atoms with Crippen molar-refractivity contribution < 1.29 is 13.6 Å². The second-order valence-corrected chi connectivity index (χ2v) is 4.85. The lowest BCUT2D eigenvalue weighted by Gasteiger charge is -2.19. The van der Waals surface area contributed by atoms with Gasteiger partial charge in [-0.3, -0.25) is 4.79 Å². The third-order valence-corrected chi connectivity index (χ3v) is 3.26. The van der Waals surface area contributed by atoms with Crippen LogP contribution in [0.2, 0.25) is 0 Å². The van der Waals surface area contributed by atoms with Gasteiger partial charge in [0.05, 0.1) is 11.6 Å². The molecule has 2 aromatic carbocycles. The Labute approximate surface area is 122 Å². The van der Waals surface area contributed by atoms with Gasteiger partial charge in [-0.25, -0.2) is 8.78 Å². The highest BCUT2D eigenvalue weighted by Gasteiger charge is 2.17. The highest BCUT2D eigenvalue weighted by molar-refractivity contribution is 5.94. The van der Waals surface area contributed by atoms with E-state index in [2.05, 4.69) is 5.32 Å². The Morgan fingerprint density at radius 3 is 2.48 bits per heavy atom. The minimum atomic E-state index is -0.851. The molecule has 0 aliphatic rings. The summed E-state index contributed by atoms with van der Waals surface area (Å²) in [7, 11) is 0. The maximum atomic E-state index is 13.6. The molecule has 0 saturated carbocycles. The van der Waals surface area contributed by atoms with Crippen molar-refractivity contribution in [2.75, 3.05) is 0 Å². The Morgan fingerprint density at radius 2 is 1.86 bits per heavy atom. The lowest BCUT2D eigenvalue weighted by atomic mass is 10.0. The number of rotatable bonds is 5. The number of hydrogen-bond acceptors (Lipinski definition) is 1. The molecule has 1 unspecified atom stereocenters. The van der Waals surface area contributed by atoms with Crippen LogP contribution < -0.4 is 5.32 Å². The van der Waals surface area contributed by atoms with Crippen LogP contribution in [0, 0.1) is 11.6 Å². The Balaban J connectivity index is 2.18. The zero-order valence-corrected chi connectivity index (χ0v) is 11.8. The first-order valence-electron chi connectivity index (χ1n) is 6.92. The first-order valence-corrected chi connectivity index (χ1v) is 6.92. The Bertz CT molecular complexity index is 613. The summed E-state index contributed by atoms with van der Waals surface area (Å²) < 4.78 is 26.5. The largest absolute Gasteiger partial charge is 0.345 e. The van der Waals surface area contributed by atoms with Crippen molar-refractivity contribution in [3.05, 3.63) is 71.3 Å². The fraction of sp³-hybridized carbons (Fsp3) is 0.235. The molecule has 1 atom stereocenters. The zero-order chi connectivity index (χ0) is 15.2. The van der Waals surface area contributed by atoms with Gasteiger partial charge in [-0.15, -0.1) is 0 Å². The Kier molecular flexibility index (Phi) is 5.04. The van der Waals surface area contributed by atoms with Crippen LogP contribution >= 0.6 is 0 Å². The number of hydrogen-bond donors (Lipinski definition) is 1. The predicted molar refractivity (Wildman–Crippen MR) is 77.9 cm³/mol. The molecule has 0 aromatic heterocycles. The Hall–Kier alpha value is -2.23. The topological polar surface area (TPSA) is 29.1 Å². The summed E-state index contributed by atoms with van der Waals surface area (Å²) in [5.74, 6) is -2.08. The lowest BCUT2D eigenvalue weighted by Crippen LogP contribution is -2.29. The van der Waals surface area contributed by atoms with Gasteiger partial charge < -0.3 is 5.32 Å². The van der Waals surface area contributed by atoms with E-state index in [0.29, 0.717) is 6.07 Å². The van der Waals surface area contributed by atoms with Crippen molar-refractivity contribution in [1.82, 2.24) is 5.32 Å². The molecule has 0 fully saturated rings. The number of carbonyl (C=O) groups is 1. The fourth-order valence-electron chi connectivity index (χ4n) is 2.21. The van der Waals surface area contributed by atoms with Gasteiger partial charge in [0.25, 0.3) is 5.91 Å². The molecule has 110 valence electrons. The minimum absolute atomic E-state index is 0.145. The van der Waals surface area contributed by atoms with Crippen LogP contribution in [-0.2, 0) is 0 Å². The predicted octanol–water partition coefficient (Wildman–Crippen LogP) is 4.24. The molecule has 0 heterocycles. The van der Waals surface area contributed by atoms with E-state index in [1.807, 2.05) is 37.3 Å². The molecule has 0 bridgehead atoms. The van der Waals surface area contributed by atoms with Crippen molar-refractivity contribution >= 4 is 5.91 Å². The quantitative estimate of drug-likeness (QED) is 0.876. The average Bonchev–Trinajstić information content (AvgIpc) is 2.47. The molecule has 2 nitrogen and oxygen atoms in total. The average molecular weight is 289 g/mol. The number of amides is 1. The smallest absolute Gasteiger partial charge is 0.254 e. The van der Waals surface area contributed by atoms with E-state index >= 15 is 0 Å². The van der Waals surface area contributed by atoms with Gasteiger partial charge in [0.1, 0.15) is 11.6 Å². The van der Waals surface area contributed by atoms with Crippen LogP contribution in [0.1, 0.15) is 41.7 Å². The van der Waals surface area contributed by atoms with Gasteiger partial charge in [0.15, 0.2) is 0 Å². The highest BCUT2D eigenvalue weighted by Crippen LogP contribution is 2.19. The molecule has 21 heavy (non-hydrogen) atoms. The van der Waals surface area contributed by atoms with E-state index in [0.717, 1.165) is 30.5 Å². The van der Waals surface area contributed by atoms with E-state index in [1.165, 1.54) is 0 Å². The van der Waals surface area contributed by atoms with Crippen molar-refractivity contribution in [3.63, 3.8) is 0 Å². The summed E-state index contributed by atoms with van der Waals surface area (Å²) in [5.41, 5.74) is 0.823. The van der Waals surface area contributed by atoms with Gasteiger partial charge in [0, 0.05) is 6.07 Å². The van der Waals surface area contributed by atoms with Crippen LogP contribution in [0.4, 0.5) is 8.78 Å². The minimum Gasteiger partial charge on any atom is -0.345 e. The molecular weight excluding hydrogens is 272 g/mol. The number of benzene rings is 2. The number of halogens is 2. The van der Waals surface area contributed by atoms with E-state index in [4.69, 9.17) is 0 Å². The molecule has 2 rings (SSSR count). The normalized spacial score (nSPS) is 12.0. The van der Waals surface area contributed by atoms with Crippen molar-refractivity contribution in [2.45, 2.75) is 25.8 Å². The first-order chi connectivity index (χ1) is 10.1. The van der Waals surface area contributed by atoms with Crippen LogP contribution in [-0.4, -0.2) is 5.91 Å². The second kappa shape index (κ2) is 6.97. The molecule has 0 spiro atoms. The van der Waals surface area contributed by atoms with Gasteiger partial charge in [-0.05, 0) is 24.1 Å². The molecule has 4 heteroatoms. The fourth-order valence-corrected chi connectivity index (χ4v) is 2.21. The molecule has 0 saturated heterocycles. The second-order valence-electron chi connectivity index (χ2n) is 4.85. The zero-order valence-electron chi connectivity index (χ0n) is 11.8. The van der Waals surface area contributed by atoms with Crippen LogP contribution in [0.5, 0.6) is 0 Å². The summed E-state index contributed by atoms with van der Waals surface area (Å²) in [6.07, 6.45) is 1.63. The molecule has 0 aliphatic carbocycles. The third-order valence-electron chi connectivity index (χ3n) is 3.26. The molecule has 0 radical (unpaired) electrons. The Morgan fingerprint density at radius 1 is 1.14 bits per heavy atom. The van der Waals surface area contributed by atoms with Crippen molar-refractivity contribution in [1.29, 1.82) is 0 Å². The first kappa shape index (κ1) is 15.2. The van der Waals surface area contributed by atoms with Crippen LogP contribution in [0.15, 0.2) is 48.5 Å². The van der Waals surface area contributed by atoms with Crippen molar-refractivity contribution in [3.8, 4) is 0 Å².